The van der Waals surface area contributed by atoms with E-state index in [1.807, 2.05) is 18.2 Å². The average Bonchev–Trinajstić information content (AvgIpc) is 3.15. The maximum absolute atomic E-state index is 12.6. The van der Waals surface area contributed by atoms with Gasteiger partial charge in [0.15, 0.2) is 11.6 Å². The lowest BCUT2D eigenvalue weighted by molar-refractivity contribution is 0.0527. The van der Waals surface area contributed by atoms with Gasteiger partial charge in [0.2, 0.25) is 0 Å². The van der Waals surface area contributed by atoms with Crippen LogP contribution in [0.25, 0.3) is 11.5 Å². The lowest BCUT2D eigenvalue weighted by atomic mass is 10.1. The van der Waals surface area contributed by atoms with E-state index in [0.29, 0.717) is 28.0 Å². The van der Waals surface area contributed by atoms with Gasteiger partial charge in [-0.05, 0) is 31.2 Å². The Labute approximate surface area is 150 Å². The summed E-state index contributed by atoms with van der Waals surface area (Å²) >= 11 is 6.28. The van der Waals surface area contributed by atoms with Gasteiger partial charge < -0.3 is 14.1 Å². The van der Waals surface area contributed by atoms with Gasteiger partial charge in [-0.1, -0.05) is 23.7 Å². The van der Waals surface area contributed by atoms with Crippen molar-refractivity contribution < 1.29 is 13.9 Å². The highest BCUT2D eigenvalue weighted by molar-refractivity contribution is 6.33. The van der Waals surface area contributed by atoms with E-state index in [0.717, 1.165) is 0 Å². The van der Waals surface area contributed by atoms with Gasteiger partial charge in [-0.3, -0.25) is 0 Å². The van der Waals surface area contributed by atoms with Crippen LogP contribution in [0, 0.1) is 0 Å². The summed E-state index contributed by atoms with van der Waals surface area (Å²) in [5.74, 6) is 0.315. The van der Waals surface area contributed by atoms with Crippen molar-refractivity contribution in [3.63, 3.8) is 0 Å². The van der Waals surface area contributed by atoms with Crippen molar-refractivity contribution >= 4 is 29.1 Å². The van der Waals surface area contributed by atoms with E-state index in [9.17, 15) is 4.79 Å². The lowest BCUT2D eigenvalue weighted by Crippen LogP contribution is -2.19. The number of halogens is 1. The maximum Gasteiger partial charge on any atom is 0.344 e. The number of nitrogens with zero attached hydrogens (tertiary/aromatic N) is 3. The number of carbonyl (C=O) groups is 1. The van der Waals surface area contributed by atoms with E-state index < -0.39 is 5.97 Å². The minimum atomic E-state index is -0.525. The fourth-order valence-corrected chi connectivity index (χ4v) is 2.72. The highest BCUT2D eigenvalue weighted by Gasteiger charge is 2.26. The van der Waals surface area contributed by atoms with Crippen LogP contribution in [-0.2, 0) is 4.74 Å². The summed E-state index contributed by atoms with van der Waals surface area (Å²) in [6.45, 7) is 1.98. The summed E-state index contributed by atoms with van der Waals surface area (Å²) in [4.78, 5) is 22.8. The number of anilines is 2. The first kappa shape index (κ1) is 17.0. The first-order valence-electron chi connectivity index (χ1n) is 7.67. The molecule has 0 unspecified atom stereocenters. The number of hydrogen-bond donors (Lipinski definition) is 0. The van der Waals surface area contributed by atoms with E-state index in [1.54, 1.807) is 37.1 Å². The van der Waals surface area contributed by atoms with Crippen LogP contribution in [0.5, 0.6) is 0 Å². The van der Waals surface area contributed by atoms with E-state index in [2.05, 4.69) is 9.97 Å². The Morgan fingerprint density at radius 2 is 2.04 bits per heavy atom. The molecule has 0 radical (unpaired) electrons. The molecule has 7 heteroatoms. The van der Waals surface area contributed by atoms with Crippen molar-refractivity contribution in [2.24, 2.45) is 0 Å². The molecule has 2 aromatic heterocycles. The highest BCUT2D eigenvalue weighted by atomic mass is 35.5. The molecular weight excluding hydrogens is 342 g/mol. The van der Waals surface area contributed by atoms with Gasteiger partial charge in [-0.2, -0.15) is 0 Å². The fraction of sp³-hybridized carbons (Fsp3) is 0.167. The molecule has 25 heavy (non-hydrogen) atoms. The Bertz CT molecular complexity index is 881. The number of hydrogen-bond acceptors (Lipinski definition) is 6. The number of furan rings is 1. The van der Waals surface area contributed by atoms with Gasteiger partial charge in [0.05, 0.1) is 23.6 Å². The molecule has 0 aliphatic rings. The summed E-state index contributed by atoms with van der Waals surface area (Å²) in [6, 6.07) is 10.8. The zero-order valence-corrected chi connectivity index (χ0v) is 14.5. The molecule has 0 aliphatic heterocycles. The quantitative estimate of drug-likeness (QED) is 0.633. The second kappa shape index (κ2) is 7.36. The van der Waals surface area contributed by atoms with Gasteiger partial charge in [0.1, 0.15) is 17.6 Å². The maximum atomic E-state index is 12.6. The zero-order valence-electron chi connectivity index (χ0n) is 13.8. The minimum absolute atomic E-state index is 0.224. The third-order valence-corrected chi connectivity index (χ3v) is 3.91. The monoisotopic (exact) mass is 357 g/mol. The van der Waals surface area contributed by atoms with Crippen LogP contribution in [0.1, 0.15) is 17.3 Å². The number of benzene rings is 1. The fourth-order valence-electron chi connectivity index (χ4n) is 2.46. The van der Waals surface area contributed by atoms with Crippen molar-refractivity contribution in [3.05, 3.63) is 59.6 Å². The first-order chi connectivity index (χ1) is 12.1. The number of aromatic nitrogens is 2. The second-order valence-corrected chi connectivity index (χ2v) is 5.54. The minimum Gasteiger partial charge on any atom is -0.463 e. The van der Waals surface area contributed by atoms with Crippen LogP contribution >= 0.6 is 11.6 Å². The van der Waals surface area contributed by atoms with Gasteiger partial charge >= 0.3 is 5.97 Å². The molecule has 1 aromatic carbocycles. The molecule has 0 aliphatic carbocycles. The predicted molar refractivity (Wildman–Crippen MR) is 95.2 cm³/mol. The molecular formula is C18H16ClN3O3. The Morgan fingerprint density at radius 3 is 2.72 bits per heavy atom. The predicted octanol–water partition coefficient (Wildman–Crippen LogP) is 4.33. The number of ether oxygens (including phenoxy) is 1. The largest absolute Gasteiger partial charge is 0.463 e. The van der Waals surface area contributed by atoms with Gasteiger partial charge in [0.25, 0.3) is 0 Å². The summed E-state index contributed by atoms with van der Waals surface area (Å²) in [5.41, 5.74) is 1.30. The number of esters is 1. The van der Waals surface area contributed by atoms with Crippen molar-refractivity contribution in [2.45, 2.75) is 6.92 Å². The second-order valence-electron chi connectivity index (χ2n) is 5.13. The van der Waals surface area contributed by atoms with Gasteiger partial charge in [-0.15, -0.1) is 0 Å². The standard InChI is InChI=1S/C18H16ClN3O3/c1-3-24-18(23)15-16(14-9-6-10-25-14)20-11-21-17(15)22(2)13-8-5-4-7-12(13)19/h4-11H,3H2,1-2H3. The van der Waals surface area contributed by atoms with Crippen LogP contribution in [-0.4, -0.2) is 29.6 Å². The summed E-state index contributed by atoms with van der Waals surface area (Å²) in [6.07, 6.45) is 2.90. The Hall–Kier alpha value is -2.86. The van der Waals surface area contributed by atoms with Crippen LogP contribution in [0.2, 0.25) is 5.02 Å². The van der Waals surface area contributed by atoms with E-state index in [4.69, 9.17) is 20.8 Å². The van der Waals surface area contributed by atoms with E-state index in [1.165, 1.54) is 12.6 Å². The molecule has 0 atom stereocenters. The smallest absolute Gasteiger partial charge is 0.344 e. The third-order valence-electron chi connectivity index (χ3n) is 3.59. The zero-order chi connectivity index (χ0) is 17.8. The molecule has 0 saturated heterocycles. The van der Waals surface area contributed by atoms with Gasteiger partial charge in [-0.25, -0.2) is 14.8 Å². The number of carbonyl (C=O) groups excluding carboxylic acids is 1. The van der Waals surface area contributed by atoms with Crippen LogP contribution < -0.4 is 4.90 Å². The van der Waals surface area contributed by atoms with E-state index >= 15 is 0 Å². The van der Waals surface area contributed by atoms with Crippen molar-refractivity contribution in [1.29, 1.82) is 0 Å². The molecule has 3 rings (SSSR count). The van der Waals surface area contributed by atoms with Crippen LogP contribution in [0.4, 0.5) is 11.5 Å². The third kappa shape index (κ3) is 3.34. The van der Waals surface area contributed by atoms with Crippen molar-refractivity contribution in [2.75, 3.05) is 18.6 Å². The molecule has 0 amide bonds. The highest BCUT2D eigenvalue weighted by Crippen LogP contribution is 2.34. The summed E-state index contributed by atoms with van der Waals surface area (Å²) in [7, 11) is 1.78. The Kier molecular flexibility index (Phi) is 5.00. The molecule has 0 spiro atoms. The molecule has 0 fully saturated rings. The SMILES string of the molecule is CCOC(=O)c1c(-c2ccco2)ncnc1N(C)c1ccccc1Cl. The van der Waals surface area contributed by atoms with Crippen molar-refractivity contribution in [1.82, 2.24) is 9.97 Å². The summed E-state index contributed by atoms with van der Waals surface area (Å²) < 4.78 is 10.6. The topological polar surface area (TPSA) is 68.5 Å². The van der Waals surface area contributed by atoms with Crippen LogP contribution in [0.15, 0.2) is 53.4 Å². The van der Waals surface area contributed by atoms with Crippen LogP contribution in [0.3, 0.4) is 0 Å². The Balaban J connectivity index is 2.18. The van der Waals surface area contributed by atoms with Crippen molar-refractivity contribution in [3.8, 4) is 11.5 Å². The summed E-state index contributed by atoms with van der Waals surface area (Å²) in [5, 5.41) is 0.540. The molecule has 0 N–H and O–H groups in total. The molecule has 3 aromatic rings. The molecule has 2 heterocycles. The number of rotatable bonds is 5. The molecule has 128 valence electrons. The van der Waals surface area contributed by atoms with Gasteiger partial charge in [0, 0.05) is 7.05 Å². The number of para-hydroxylation sites is 1. The average molecular weight is 358 g/mol. The first-order valence-corrected chi connectivity index (χ1v) is 8.05. The Morgan fingerprint density at radius 1 is 1.24 bits per heavy atom. The lowest BCUT2D eigenvalue weighted by Gasteiger charge is -2.22. The normalized spacial score (nSPS) is 10.5. The molecule has 0 saturated carbocycles. The molecule has 0 bridgehead atoms. The molecule has 6 nitrogen and oxygen atoms in total. The van der Waals surface area contributed by atoms with E-state index in [-0.39, 0.29) is 12.2 Å².